The summed E-state index contributed by atoms with van der Waals surface area (Å²) in [5.41, 5.74) is 1.58. The highest BCUT2D eigenvalue weighted by atomic mass is 19.4. The molecule has 5 aromatic rings. The molecule has 6 heterocycles. The number of nitrogens with one attached hydrogen (secondary N) is 2. The van der Waals surface area contributed by atoms with Gasteiger partial charge in [0.1, 0.15) is 28.8 Å². The van der Waals surface area contributed by atoms with Gasteiger partial charge in [-0.05, 0) is 86.9 Å². The molecule has 2 saturated heterocycles. The van der Waals surface area contributed by atoms with E-state index in [4.69, 9.17) is 0 Å². The Labute approximate surface area is 294 Å². The molecule has 4 aromatic heterocycles. The van der Waals surface area contributed by atoms with Gasteiger partial charge in [-0.1, -0.05) is 18.2 Å². The van der Waals surface area contributed by atoms with Gasteiger partial charge in [0, 0.05) is 31.6 Å². The number of rotatable bonds is 7. The molecular formula is C36H36F3N9O4. The smallest absolute Gasteiger partial charge is 0.305 e. The standard InChI is InChI=1S/C36H36F3N9O4/c1-45-32-24(4-2-6-27(32)48(35(45)52)28-8-9-31(49)43-34(28)51)21-10-12-46(13-11-21)18-20-14-23(15-20)47-19-22-16-30(40-17-26(22)44-47)42-33(50)25-5-3-7-29(41-25)36(37,38)39/h2-7,16-17,19-21,23,28H,8-15,18H2,1H3,(H,42,50)(H,43,49,51). The number of nitrogens with zero attached hydrogens (tertiary/aromatic N) is 7. The number of carbonyl (C=O) groups excluding carboxylic acids is 3. The van der Waals surface area contributed by atoms with Crippen molar-refractivity contribution in [3.05, 3.63) is 82.3 Å². The lowest BCUT2D eigenvalue weighted by molar-refractivity contribution is -0.141. The first kappa shape index (κ1) is 33.7. The Morgan fingerprint density at radius 3 is 2.56 bits per heavy atom. The van der Waals surface area contributed by atoms with E-state index >= 15 is 0 Å². The predicted molar refractivity (Wildman–Crippen MR) is 183 cm³/mol. The van der Waals surface area contributed by atoms with E-state index in [0.717, 1.165) is 79.4 Å². The van der Waals surface area contributed by atoms with Crippen LogP contribution in [0.5, 0.6) is 0 Å². The summed E-state index contributed by atoms with van der Waals surface area (Å²) in [5, 5.41) is 10.3. The van der Waals surface area contributed by atoms with Crippen LogP contribution >= 0.6 is 0 Å². The molecule has 3 amide bonds. The second kappa shape index (κ2) is 13.0. The molecule has 8 rings (SSSR count). The van der Waals surface area contributed by atoms with Crippen molar-refractivity contribution < 1.29 is 27.6 Å². The summed E-state index contributed by atoms with van der Waals surface area (Å²) in [6, 6.07) is 10.2. The van der Waals surface area contributed by atoms with Crippen molar-refractivity contribution in [1.29, 1.82) is 0 Å². The molecule has 3 fully saturated rings. The molecule has 2 aliphatic heterocycles. The third-order valence-electron chi connectivity index (χ3n) is 10.7. The van der Waals surface area contributed by atoms with E-state index in [1.807, 2.05) is 23.0 Å². The first-order chi connectivity index (χ1) is 24.9. The number of pyridine rings is 2. The van der Waals surface area contributed by atoms with Gasteiger partial charge in [-0.2, -0.15) is 18.3 Å². The number of aromatic nitrogens is 6. The highest BCUT2D eigenvalue weighted by molar-refractivity contribution is 6.03. The fourth-order valence-electron chi connectivity index (χ4n) is 7.99. The number of fused-ring (bicyclic) bond motifs is 2. The number of hydrogen-bond donors (Lipinski definition) is 2. The minimum Gasteiger partial charge on any atom is -0.305 e. The Balaban J connectivity index is 0.865. The van der Waals surface area contributed by atoms with E-state index in [9.17, 15) is 32.3 Å². The second-order valence-corrected chi connectivity index (χ2v) is 14.1. The number of aryl methyl sites for hydroxylation is 1. The van der Waals surface area contributed by atoms with Crippen LogP contribution in [0.25, 0.3) is 21.9 Å². The molecule has 0 spiro atoms. The topological polar surface area (TPSA) is 149 Å². The Bertz CT molecular complexity index is 2280. The zero-order valence-corrected chi connectivity index (χ0v) is 28.3. The Morgan fingerprint density at radius 2 is 1.81 bits per heavy atom. The van der Waals surface area contributed by atoms with Crippen LogP contribution in [-0.2, 0) is 22.8 Å². The minimum absolute atomic E-state index is 0.191. The number of benzene rings is 1. The van der Waals surface area contributed by atoms with E-state index in [0.29, 0.717) is 17.9 Å². The first-order valence-corrected chi connectivity index (χ1v) is 17.4. The van der Waals surface area contributed by atoms with Crippen LogP contribution in [0.2, 0.25) is 0 Å². The molecule has 1 atom stereocenters. The third kappa shape index (κ3) is 6.24. The average molecular weight is 716 g/mol. The Morgan fingerprint density at radius 1 is 1.04 bits per heavy atom. The fraction of sp³-hybridized carbons (Fsp3) is 0.417. The highest BCUT2D eigenvalue weighted by Crippen LogP contribution is 2.40. The maximum Gasteiger partial charge on any atom is 0.433 e. The van der Waals surface area contributed by atoms with Gasteiger partial charge in [-0.3, -0.25) is 33.5 Å². The number of imide groups is 1. The van der Waals surface area contributed by atoms with Gasteiger partial charge in [0.05, 0.1) is 23.3 Å². The number of para-hydroxylation sites is 1. The lowest BCUT2D eigenvalue weighted by Gasteiger charge is -2.41. The van der Waals surface area contributed by atoms with Crippen molar-refractivity contribution in [2.45, 2.75) is 62.7 Å². The third-order valence-corrected chi connectivity index (χ3v) is 10.7. The minimum atomic E-state index is -4.66. The van der Waals surface area contributed by atoms with E-state index in [1.165, 1.54) is 12.3 Å². The molecule has 1 aromatic carbocycles. The molecule has 1 saturated carbocycles. The van der Waals surface area contributed by atoms with Gasteiger partial charge in [-0.25, -0.2) is 14.8 Å². The van der Waals surface area contributed by atoms with Crippen molar-refractivity contribution in [3.8, 4) is 0 Å². The molecule has 1 unspecified atom stereocenters. The predicted octanol–water partition coefficient (Wildman–Crippen LogP) is 4.56. The normalized spacial score (nSPS) is 21.7. The number of piperidine rings is 2. The first-order valence-electron chi connectivity index (χ1n) is 17.4. The van der Waals surface area contributed by atoms with Crippen LogP contribution in [-0.4, -0.2) is 71.1 Å². The number of hydrogen-bond acceptors (Lipinski definition) is 8. The van der Waals surface area contributed by atoms with Crippen LogP contribution in [0.4, 0.5) is 19.0 Å². The van der Waals surface area contributed by atoms with Crippen molar-refractivity contribution in [2.24, 2.45) is 13.0 Å². The van der Waals surface area contributed by atoms with Crippen molar-refractivity contribution in [1.82, 2.24) is 39.1 Å². The van der Waals surface area contributed by atoms with Crippen LogP contribution in [0, 0.1) is 5.92 Å². The maximum atomic E-state index is 13.4. The zero-order chi connectivity index (χ0) is 36.3. The summed E-state index contributed by atoms with van der Waals surface area (Å²) < 4.78 is 44.2. The SMILES string of the molecule is Cn1c(=O)n(C2CCC(=O)NC2=O)c2cccc(C3CCN(CC4CC(n5cc6cc(NC(=O)c7cccc(C(F)(F)F)n7)ncc6n5)C4)CC3)c21. The number of imidazole rings is 1. The molecule has 270 valence electrons. The van der Waals surface area contributed by atoms with Crippen molar-refractivity contribution in [3.63, 3.8) is 0 Å². The molecule has 52 heavy (non-hydrogen) atoms. The summed E-state index contributed by atoms with van der Waals surface area (Å²) in [6.07, 6.45) is 3.13. The molecule has 16 heteroatoms. The summed E-state index contributed by atoms with van der Waals surface area (Å²) in [7, 11) is 1.75. The zero-order valence-electron chi connectivity index (χ0n) is 28.3. The lowest BCUT2D eigenvalue weighted by atomic mass is 9.79. The molecule has 13 nitrogen and oxygen atoms in total. The van der Waals surface area contributed by atoms with Gasteiger partial charge >= 0.3 is 11.9 Å². The van der Waals surface area contributed by atoms with Crippen LogP contribution < -0.4 is 16.3 Å². The molecule has 2 N–H and O–H groups in total. The van der Waals surface area contributed by atoms with Gasteiger partial charge < -0.3 is 10.2 Å². The van der Waals surface area contributed by atoms with E-state index in [1.54, 1.807) is 22.2 Å². The second-order valence-electron chi connectivity index (χ2n) is 14.1. The van der Waals surface area contributed by atoms with Gasteiger partial charge in [0.25, 0.3) is 5.91 Å². The number of anilines is 1. The van der Waals surface area contributed by atoms with Gasteiger partial charge in [0.2, 0.25) is 11.8 Å². The van der Waals surface area contributed by atoms with E-state index in [2.05, 4.69) is 36.7 Å². The Kier molecular flexibility index (Phi) is 8.43. The van der Waals surface area contributed by atoms with Crippen molar-refractivity contribution in [2.75, 3.05) is 25.0 Å². The quantitative estimate of drug-likeness (QED) is 0.233. The molecular weight excluding hydrogens is 679 g/mol. The molecule has 3 aliphatic rings. The number of amides is 3. The number of carbonyl (C=O) groups is 3. The van der Waals surface area contributed by atoms with Gasteiger partial charge in [-0.15, -0.1) is 0 Å². The molecule has 0 bridgehead atoms. The van der Waals surface area contributed by atoms with Crippen LogP contribution in [0.1, 0.15) is 78.3 Å². The van der Waals surface area contributed by atoms with Crippen LogP contribution in [0.3, 0.4) is 0 Å². The highest BCUT2D eigenvalue weighted by Gasteiger charge is 2.36. The summed E-state index contributed by atoms with van der Waals surface area (Å²) in [4.78, 5) is 60.5. The van der Waals surface area contributed by atoms with Crippen molar-refractivity contribution >= 4 is 45.5 Å². The van der Waals surface area contributed by atoms with E-state index in [-0.39, 0.29) is 41.5 Å². The average Bonchev–Trinajstić information content (AvgIpc) is 3.63. The fourth-order valence-corrected chi connectivity index (χ4v) is 7.99. The van der Waals surface area contributed by atoms with Crippen LogP contribution in [0.15, 0.2) is 59.7 Å². The largest absolute Gasteiger partial charge is 0.433 e. The van der Waals surface area contributed by atoms with Gasteiger partial charge in [0.15, 0.2) is 0 Å². The number of halogens is 3. The number of alkyl halides is 3. The van der Waals surface area contributed by atoms with E-state index < -0.39 is 29.7 Å². The Hall–Kier alpha value is -5.38. The lowest BCUT2D eigenvalue weighted by Crippen LogP contribution is -2.44. The molecule has 1 aliphatic carbocycles. The molecule has 0 radical (unpaired) electrons. The number of likely N-dealkylation sites (tertiary alicyclic amines) is 1. The summed E-state index contributed by atoms with van der Waals surface area (Å²) in [5.74, 6) is -0.550. The monoisotopic (exact) mass is 715 g/mol. The summed E-state index contributed by atoms with van der Waals surface area (Å²) in [6.45, 7) is 2.86. The maximum absolute atomic E-state index is 13.4. The summed E-state index contributed by atoms with van der Waals surface area (Å²) >= 11 is 0.